The predicted molar refractivity (Wildman–Crippen MR) is 110 cm³/mol. The lowest BCUT2D eigenvalue weighted by molar-refractivity contribution is 0.0680. The zero-order valence-corrected chi connectivity index (χ0v) is 16.6. The van der Waals surface area contributed by atoms with E-state index in [2.05, 4.69) is 44.0 Å². The van der Waals surface area contributed by atoms with Crippen LogP contribution in [0.2, 0.25) is 0 Å². The smallest absolute Gasteiger partial charge is 0.256 e. The van der Waals surface area contributed by atoms with Crippen molar-refractivity contribution in [2.75, 3.05) is 6.54 Å². The summed E-state index contributed by atoms with van der Waals surface area (Å²) in [5.41, 5.74) is 2.57. The quantitative estimate of drug-likeness (QED) is 0.527. The number of carbonyl (C=O) groups excluding carboxylic acids is 1. The average molecular weight is 399 g/mol. The molecule has 3 heterocycles. The highest BCUT2D eigenvalue weighted by Gasteiger charge is 2.30. The highest BCUT2D eigenvalue weighted by molar-refractivity contribution is 5.97. The molecule has 0 bridgehead atoms. The Morgan fingerprint density at radius 3 is 2.53 bits per heavy atom. The fourth-order valence-electron chi connectivity index (χ4n) is 4.04. The molecule has 8 heteroatoms. The van der Waals surface area contributed by atoms with Crippen LogP contribution in [-0.4, -0.2) is 46.9 Å². The van der Waals surface area contributed by atoms with Gasteiger partial charge in [0.15, 0.2) is 5.82 Å². The summed E-state index contributed by atoms with van der Waals surface area (Å²) in [6.07, 6.45) is 3.91. The van der Waals surface area contributed by atoms with Gasteiger partial charge in [-0.15, -0.1) is 20.4 Å². The van der Waals surface area contributed by atoms with Gasteiger partial charge in [-0.25, -0.2) is 0 Å². The van der Waals surface area contributed by atoms with Crippen molar-refractivity contribution in [3.63, 3.8) is 0 Å². The molecule has 0 saturated heterocycles. The fraction of sp³-hybridized carbons (Fsp3) is 0.227. The summed E-state index contributed by atoms with van der Waals surface area (Å²) >= 11 is 0. The van der Waals surface area contributed by atoms with Crippen LogP contribution in [-0.2, 0) is 13.0 Å². The van der Waals surface area contributed by atoms with E-state index in [9.17, 15) is 4.79 Å². The number of hydrogen-bond acceptors (Lipinski definition) is 5. The Hall–Kier alpha value is -3.81. The molecule has 8 nitrogen and oxygen atoms in total. The summed E-state index contributed by atoms with van der Waals surface area (Å²) in [5, 5.41) is 16.5. The van der Waals surface area contributed by atoms with E-state index in [1.165, 1.54) is 5.56 Å². The molecule has 0 aliphatic carbocycles. The van der Waals surface area contributed by atoms with Gasteiger partial charge in [0.2, 0.25) is 0 Å². The zero-order valence-electron chi connectivity index (χ0n) is 16.6. The third kappa shape index (κ3) is 3.26. The summed E-state index contributed by atoms with van der Waals surface area (Å²) in [7, 11) is 0. The van der Waals surface area contributed by atoms with Gasteiger partial charge in [0, 0.05) is 13.0 Å². The van der Waals surface area contributed by atoms with E-state index < -0.39 is 0 Å². The molecule has 0 saturated carbocycles. The van der Waals surface area contributed by atoms with Crippen LogP contribution in [0.4, 0.5) is 0 Å². The molecule has 0 N–H and O–H groups in total. The van der Waals surface area contributed by atoms with Gasteiger partial charge in [0.1, 0.15) is 18.5 Å². The number of amides is 1. The highest BCUT2D eigenvalue weighted by atomic mass is 16.2. The van der Waals surface area contributed by atoms with Gasteiger partial charge in [-0.1, -0.05) is 42.5 Å². The molecular weight excluding hydrogens is 378 g/mol. The molecule has 1 aliphatic rings. The number of hydrogen-bond donors (Lipinski definition) is 0. The van der Waals surface area contributed by atoms with E-state index in [1.807, 2.05) is 47.4 Å². The van der Waals surface area contributed by atoms with Crippen molar-refractivity contribution in [2.24, 2.45) is 0 Å². The first-order chi connectivity index (χ1) is 14.7. The molecular formula is C22H21N7O. The van der Waals surface area contributed by atoms with Crippen LogP contribution >= 0.6 is 0 Å². The number of fused-ring (bicyclic) bond motifs is 1. The van der Waals surface area contributed by atoms with E-state index >= 15 is 0 Å². The topological polar surface area (TPSA) is 81.7 Å². The van der Waals surface area contributed by atoms with E-state index in [-0.39, 0.29) is 11.9 Å². The molecule has 0 spiro atoms. The molecule has 30 heavy (non-hydrogen) atoms. The molecule has 1 amide bonds. The molecule has 2 aromatic heterocycles. The van der Waals surface area contributed by atoms with Gasteiger partial charge in [-0.3, -0.25) is 9.36 Å². The molecule has 0 unspecified atom stereocenters. The maximum Gasteiger partial charge on any atom is 0.256 e. The number of para-hydroxylation sites is 1. The Morgan fingerprint density at radius 1 is 1.00 bits per heavy atom. The van der Waals surface area contributed by atoms with Crippen LogP contribution in [0, 0.1) is 0 Å². The van der Waals surface area contributed by atoms with E-state index in [1.54, 1.807) is 17.2 Å². The maximum atomic E-state index is 13.4. The molecule has 5 rings (SSSR count). The van der Waals surface area contributed by atoms with Gasteiger partial charge in [-0.05, 0) is 24.6 Å². The van der Waals surface area contributed by atoms with Crippen molar-refractivity contribution >= 4 is 5.91 Å². The van der Waals surface area contributed by atoms with Crippen molar-refractivity contribution in [3.8, 4) is 5.69 Å². The van der Waals surface area contributed by atoms with Crippen LogP contribution < -0.4 is 0 Å². The van der Waals surface area contributed by atoms with Crippen molar-refractivity contribution in [1.29, 1.82) is 0 Å². The Balaban J connectivity index is 1.42. The monoisotopic (exact) mass is 399 g/mol. The predicted octanol–water partition coefficient (Wildman–Crippen LogP) is 2.67. The number of rotatable bonds is 4. The summed E-state index contributed by atoms with van der Waals surface area (Å²) in [6, 6.07) is 17.8. The number of nitrogens with zero attached hydrogens (tertiary/aromatic N) is 7. The minimum Gasteiger partial charge on any atom is -0.329 e. The lowest BCUT2D eigenvalue weighted by atomic mass is 10.1. The molecule has 4 aromatic rings. The third-order valence-corrected chi connectivity index (χ3v) is 5.42. The number of carbonyl (C=O) groups is 1. The van der Waals surface area contributed by atoms with Crippen molar-refractivity contribution in [3.05, 3.63) is 90.0 Å². The second-order valence-electron chi connectivity index (χ2n) is 7.49. The molecule has 1 atom stereocenters. The molecule has 1 aliphatic heterocycles. The lowest BCUT2D eigenvalue weighted by Crippen LogP contribution is -2.41. The second kappa shape index (κ2) is 7.55. The van der Waals surface area contributed by atoms with Crippen LogP contribution in [0.5, 0.6) is 0 Å². The van der Waals surface area contributed by atoms with Crippen molar-refractivity contribution in [1.82, 2.24) is 34.4 Å². The van der Waals surface area contributed by atoms with Crippen LogP contribution in [0.25, 0.3) is 5.69 Å². The Labute approximate surface area is 173 Å². The maximum absolute atomic E-state index is 13.4. The van der Waals surface area contributed by atoms with E-state index in [0.29, 0.717) is 18.7 Å². The first kappa shape index (κ1) is 18.2. The van der Waals surface area contributed by atoms with Crippen LogP contribution in [0.3, 0.4) is 0 Å². The minimum absolute atomic E-state index is 0.0370. The van der Waals surface area contributed by atoms with Gasteiger partial charge in [-0.2, -0.15) is 0 Å². The third-order valence-electron chi connectivity index (χ3n) is 5.42. The first-order valence-corrected chi connectivity index (χ1v) is 9.90. The van der Waals surface area contributed by atoms with Gasteiger partial charge < -0.3 is 9.47 Å². The molecule has 2 aromatic carbocycles. The van der Waals surface area contributed by atoms with Crippen molar-refractivity contribution in [2.45, 2.75) is 25.9 Å². The standard InChI is InChI=1S/C22H21N7O/c1-16-12-27(22(30)18-9-5-6-10-19(18)28-14-23-24-15-28)13-21-26-25-20(29(16)21)11-17-7-3-2-4-8-17/h2-10,14-16H,11-13H2,1H3/t16-/m0/s1. The Bertz CT molecular complexity index is 1170. The molecule has 0 radical (unpaired) electrons. The summed E-state index contributed by atoms with van der Waals surface area (Å²) in [6.45, 7) is 3.14. The van der Waals surface area contributed by atoms with E-state index in [4.69, 9.17) is 0 Å². The molecule has 0 fully saturated rings. The Morgan fingerprint density at radius 2 is 1.73 bits per heavy atom. The van der Waals surface area contributed by atoms with Crippen LogP contribution in [0.1, 0.15) is 40.5 Å². The molecule has 150 valence electrons. The zero-order chi connectivity index (χ0) is 20.5. The fourth-order valence-corrected chi connectivity index (χ4v) is 4.04. The van der Waals surface area contributed by atoms with Crippen molar-refractivity contribution < 1.29 is 4.79 Å². The summed E-state index contributed by atoms with van der Waals surface area (Å²) < 4.78 is 3.92. The SMILES string of the molecule is C[C@H]1CN(C(=O)c2ccccc2-n2cnnc2)Cc2nnc(Cc3ccccc3)n21. The van der Waals surface area contributed by atoms with Gasteiger partial charge in [0.25, 0.3) is 5.91 Å². The largest absolute Gasteiger partial charge is 0.329 e. The first-order valence-electron chi connectivity index (χ1n) is 9.90. The van der Waals surface area contributed by atoms with Crippen LogP contribution in [0.15, 0.2) is 67.3 Å². The Kier molecular flexibility index (Phi) is 4.59. The lowest BCUT2D eigenvalue weighted by Gasteiger charge is -2.33. The second-order valence-corrected chi connectivity index (χ2v) is 7.49. The summed E-state index contributed by atoms with van der Waals surface area (Å²) in [4.78, 5) is 15.2. The normalized spacial score (nSPS) is 15.8. The highest BCUT2D eigenvalue weighted by Crippen LogP contribution is 2.25. The minimum atomic E-state index is -0.0370. The average Bonchev–Trinajstić information content (AvgIpc) is 3.45. The van der Waals surface area contributed by atoms with Gasteiger partial charge in [0.05, 0.1) is 23.8 Å². The number of benzene rings is 2. The summed E-state index contributed by atoms with van der Waals surface area (Å²) in [5.74, 6) is 1.71. The number of aromatic nitrogens is 6. The van der Waals surface area contributed by atoms with E-state index in [0.717, 1.165) is 23.8 Å². The van der Waals surface area contributed by atoms with Gasteiger partial charge >= 0.3 is 0 Å².